The molecule has 0 saturated carbocycles. The number of nitrogens with one attached hydrogen (secondary N) is 1. The van der Waals surface area contributed by atoms with Gasteiger partial charge >= 0.3 is 0 Å². The summed E-state index contributed by atoms with van der Waals surface area (Å²) in [6, 6.07) is 0.206. The van der Waals surface area contributed by atoms with Crippen molar-refractivity contribution in [2.45, 2.75) is 57.7 Å². The molecule has 5 heteroatoms. The summed E-state index contributed by atoms with van der Waals surface area (Å²) in [6.07, 6.45) is 3.53. The van der Waals surface area contributed by atoms with Crippen molar-refractivity contribution in [2.75, 3.05) is 20.1 Å². The second kappa shape index (κ2) is 6.01. The van der Waals surface area contributed by atoms with Crippen molar-refractivity contribution in [1.29, 1.82) is 0 Å². The van der Waals surface area contributed by atoms with Gasteiger partial charge in [-0.15, -0.1) is 0 Å². The molecule has 0 aliphatic carbocycles. The van der Waals surface area contributed by atoms with Crippen LogP contribution in [0.3, 0.4) is 0 Å². The maximum atomic E-state index is 12.2. The summed E-state index contributed by atoms with van der Waals surface area (Å²) in [6.45, 7) is 5.86. The predicted molar refractivity (Wildman–Crippen MR) is 73.7 cm³/mol. The van der Waals surface area contributed by atoms with E-state index < -0.39 is 0 Å². The van der Waals surface area contributed by atoms with Gasteiger partial charge in [0.2, 0.25) is 11.8 Å². The monoisotopic (exact) mass is 267 g/mol. The minimum absolute atomic E-state index is 0.0148. The fourth-order valence-electron chi connectivity index (χ4n) is 2.97. The largest absolute Gasteiger partial charge is 0.304 e. The Morgan fingerprint density at radius 3 is 2.74 bits per heavy atom. The lowest BCUT2D eigenvalue weighted by Crippen LogP contribution is -2.45. The highest BCUT2D eigenvalue weighted by Crippen LogP contribution is 2.19. The van der Waals surface area contributed by atoms with Crippen LogP contribution in [0.25, 0.3) is 0 Å². The first kappa shape index (κ1) is 14.5. The Morgan fingerprint density at radius 1 is 1.42 bits per heavy atom. The van der Waals surface area contributed by atoms with Gasteiger partial charge in [0.15, 0.2) is 0 Å². The molecule has 0 aromatic heterocycles. The first-order valence-electron chi connectivity index (χ1n) is 7.34. The summed E-state index contributed by atoms with van der Waals surface area (Å²) in [7, 11) is 2.12. The van der Waals surface area contributed by atoms with Crippen molar-refractivity contribution in [3.63, 3.8) is 0 Å². The summed E-state index contributed by atoms with van der Waals surface area (Å²) >= 11 is 0. The summed E-state index contributed by atoms with van der Waals surface area (Å²) in [5.41, 5.74) is 0. The lowest BCUT2D eigenvalue weighted by Gasteiger charge is -2.23. The third kappa shape index (κ3) is 2.98. The molecule has 1 N–H and O–H groups in total. The van der Waals surface area contributed by atoms with Gasteiger partial charge in [-0.1, -0.05) is 6.92 Å². The van der Waals surface area contributed by atoms with Crippen molar-refractivity contribution < 1.29 is 9.59 Å². The molecule has 2 aliphatic heterocycles. The molecular formula is C14H25N3O2. The van der Waals surface area contributed by atoms with Gasteiger partial charge in [-0.25, -0.2) is 0 Å². The quantitative estimate of drug-likeness (QED) is 0.741. The molecule has 19 heavy (non-hydrogen) atoms. The van der Waals surface area contributed by atoms with Crippen LogP contribution in [-0.2, 0) is 9.59 Å². The molecule has 2 heterocycles. The molecule has 0 aromatic carbocycles. The maximum absolute atomic E-state index is 12.2. The first-order chi connectivity index (χ1) is 9.04. The third-order valence-electron chi connectivity index (χ3n) is 4.49. The number of carbonyl (C=O) groups is 2. The van der Waals surface area contributed by atoms with E-state index in [0.717, 1.165) is 19.5 Å². The van der Waals surface area contributed by atoms with E-state index in [1.165, 1.54) is 17.7 Å². The van der Waals surface area contributed by atoms with Gasteiger partial charge in [-0.05, 0) is 39.8 Å². The summed E-state index contributed by atoms with van der Waals surface area (Å²) in [4.78, 5) is 27.9. The van der Waals surface area contributed by atoms with E-state index in [0.29, 0.717) is 12.5 Å². The highest BCUT2D eigenvalue weighted by atomic mass is 16.2. The predicted octanol–water partition coefficient (Wildman–Crippen LogP) is 0.596. The van der Waals surface area contributed by atoms with E-state index in [1.54, 1.807) is 0 Å². The smallest absolute Gasteiger partial charge is 0.247 e. The molecule has 0 radical (unpaired) electrons. The van der Waals surface area contributed by atoms with Crippen LogP contribution in [-0.4, -0.2) is 59.9 Å². The summed E-state index contributed by atoms with van der Waals surface area (Å²) < 4.78 is 0. The highest BCUT2D eigenvalue weighted by molar-refractivity contribution is 6.05. The van der Waals surface area contributed by atoms with Gasteiger partial charge in [0, 0.05) is 18.6 Å². The van der Waals surface area contributed by atoms with Crippen molar-refractivity contribution in [1.82, 2.24) is 15.1 Å². The Balaban J connectivity index is 1.88. The molecule has 2 fully saturated rings. The lowest BCUT2D eigenvalue weighted by atomic mass is 10.2. The van der Waals surface area contributed by atoms with E-state index in [-0.39, 0.29) is 23.9 Å². The second-order valence-corrected chi connectivity index (χ2v) is 5.80. The van der Waals surface area contributed by atoms with Gasteiger partial charge in [0.1, 0.15) is 0 Å². The minimum atomic E-state index is -0.310. The van der Waals surface area contributed by atoms with Gasteiger partial charge in [-0.2, -0.15) is 0 Å². The highest BCUT2D eigenvalue weighted by Gasteiger charge is 2.40. The van der Waals surface area contributed by atoms with Crippen LogP contribution in [0.15, 0.2) is 0 Å². The molecule has 0 spiro atoms. The van der Waals surface area contributed by atoms with Gasteiger partial charge < -0.3 is 10.2 Å². The molecule has 2 rings (SSSR count). The number of likely N-dealkylation sites (tertiary alicyclic amines) is 2. The molecule has 0 aromatic rings. The average molecular weight is 267 g/mol. The number of likely N-dealkylation sites (N-methyl/N-ethyl adjacent to an activating group) is 1. The number of imide groups is 1. The van der Waals surface area contributed by atoms with Crippen LogP contribution in [0, 0.1) is 0 Å². The van der Waals surface area contributed by atoms with Crippen molar-refractivity contribution >= 4 is 11.8 Å². The first-order valence-corrected chi connectivity index (χ1v) is 7.34. The fraction of sp³-hybridized carbons (Fsp3) is 0.857. The Labute approximate surface area is 115 Å². The summed E-state index contributed by atoms with van der Waals surface area (Å²) in [5, 5.41) is 3.29. The molecule has 2 amide bonds. The van der Waals surface area contributed by atoms with Crippen LogP contribution in [0.4, 0.5) is 0 Å². The van der Waals surface area contributed by atoms with E-state index in [2.05, 4.69) is 17.3 Å². The van der Waals surface area contributed by atoms with Crippen LogP contribution in [0.1, 0.15) is 39.5 Å². The zero-order valence-corrected chi connectivity index (χ0v) is 12.2. The van der Waals surface area contributed by atoms with Crippen LogP contribution in [0.5, 0.6) is 0 Å². The van der Waals surface area contributed by atoms with Crippen molar-refractivity contribution in [3.8, 4) is 0 Å². The normalized spacial score (nSPS) is 30.4. The lowest BCUT2D eigenvalue weighted by molar-refractivity contribution is -0.141. The minimum Gasteiger partial charge on any atom is -0.304 e. The van der Waals surface area contributed by atoms with Crippen molar-refractivity contribution in [3.05, 3.63) is 0 Å². The average Bonchev–Trinajstić information content (AvgIpc) is 2.90. The zero-order valence-electron chi connectivity index (χ0n) is 12.2. The Bertz CT molecular complexity index is 359. The fourth-order valence-corrected chi connectivity index (χ4v) is 2.97. The van der Waals surface area contributed by atoms with E-state index in [4.69, 9.17) is 0 Å². The number of rotatable bonds is 5. The Morgan fingerprint density at radius 2 is 2.16 bits per heavy atom. The van der Waals surface area contributed by atoms with Crippen LogP contribution >= 0.6 is 0 Å². The van der Waals surface area contributed by atoms with Gasteiger partial charge in [0.05, 0.1) is 12.5 Å². The molecular weight excluding hydrogens is 242 g/mol. The molecule has 2 aliphatic rings. The van der Waals surface area contributed by atoms with E-state index >= 15 is 0 Å². The SMILES string of the molecule is CCC(C)N1C(=O)CC(NCC2CCCN2C)C1=O. The zero-order chi connectivity index (χ0) is 14.0. The number of carbonyl (C=O) groups excluding carboxylic acids is 2. The van der Waals surface area contributed by atoms with Gasteiger partial charge in [-0.3, -0.25) is 14.5 Å². The Hall–Kier alpha value is -0.940. The van der Waals surface area contributed by atoms with Crippen molar-refractivity contribution in [2.24, 2.45) is 0 Å². The maximum Gasteiger partial charge on any atom is 0.247 e. The van der Waals surface area contributed by atoms with Gasteiger partial charge in [0.25, 0.3) is 0 Å². The third-order valence-corrected chi connectivity index (χ3v) is 4.49. The molecule has 5 nitrogen and oxygen atoms in total. The van der Waals surface area contributed by atoms with E-state index in [1.807, 2.05) is 13.8 Å². The molecule has 3 atom stereocenters. The van der Waals surface area contributed by atoms with E-state index in [9.17, 15) is 9.59 Å². The number of amides is 2. The molecule has 0 bridgehead atoms. The van der Waals surface area contributed by atoms with Crippen LogP contribution in [0.2, 0.25) is 0 Å². The molecule has 108 valence electrons. The Kier molecular flexibility index (Phi) is 4.58. The molecule has 3 unspecified atom stereocenters. The second-order valence-electron chi connectivity index (χ2n) is 5.80. The number of hydrogen-bond acceptors (Lipinski definition) is 4. The number of hydrogen-bond donors (Lipinski definition) is 1. The molecule has 2 saturated heterocycles. The number of nitrogens with zero attached hydrogens (tertiary/aromatic N) is 2. The standard InChI is InChI=1S/C14H25N3O2/c1-4-10(2)17-13(18)8-12(14(17)19)15-9-11-6-5-7-16(11)3/h10-12,15H,4-9H2,1-3H3. The topological polar surface area (TPSA) is 52.7 Å². The van der Waals surface area contributed by atoms with Crippen LogP contribution < -0.4 is 5.32 Å². The summed E-state index contributed by atoms with van der Waals surface area (Å²) in [5.74, 6) is -0.0726.